The van der Waals surface area contributed by atoms with Gasteiger partial charge in [-0.3, -0.25) is 14.4 Å². The van der Waals surface area contributed by atoms with Gasteiger partial charge in [-0.1, -0.05) is 0 Å². The SMILES string of the molecule is CONC(=O)C1CC(=O)N(C2CCOCC2)C1. The van der Waals surface area contributed by atoms with Crippen LogP contribution in [-0.2, 0) is 19.2 Å². The van der Waals surface area contributed by atoms with Gasteiger partial charge >= 0.3 is 0 Å². The van der Waals surface area contributed by atoms with Gasteiger partial charge in [-0.2, -0.15) is 0 Å². The largest absolute Gasteiger partial charge is 0.381 e. The Labute approximate surface area is 100 Å². The summed E-state index contributed by atoms with van der Waals surface area (Å²) < 4.78 is 5.27. The lowest BCUT2D eigenvalue weighted by molar-refractivity contribution is -0.135. The topological polar surface area (TPSA) is 67.9 Å². The number of carbonyl (C=O) groups is 2. The summed E-state index contributed by atoms with van der Waals surface area (Å²) in [6.07, 6.45) is 2.02. The molecule has 2 saturated heterocycles. The van der Waals surface area contributed by atoms with Gasteiger partial charge in [0.1, 0.15) is 0 Å². The summed E-state index contributed by atoms with van der Waals surface area (Å²) in [6.45, 7) is 1.89. The molecule has 0 saturated carbocycles. The van der Waals surface area contributed by atoms with Gasteiger partial charge in [-0.25, -0.2) is 5.48 Å². The van der Waals surface area contributed by atoms with Crippen LogP contribution in [0, 0.1) is 5.92 Å². The second-order valence-electron chi connectivity index (χ2n) is 4.46. The summed E-state index contributed by atoms with van der Waals surface area (Å²) in [5, 5.41) is 0. The van der Waals surface area contributed by atoms with E-state index in [-0.39, 0.29) is 30.2 Å². The van der Waals surface area contributed by atoms with Crippen molar-refractivity contribution in [1.29, 1.82) is 0 Å². The second-order valence-corrected chi connectivity index (χ2v) is 4.46. The minimum atomic E-state index is -0.287. The molecule has 0 aliphatic carbocycles. The van der Waals surface area contributed by atoms with Gasteiger partial charge in [0.15, 0.2) is 0 Å². The number of nitrogens with zero attached hydrogens (tertiary/aromatic N) is 1. The van der Waals surface area contributed by atoms with E-state index in [2.05, 4.69) is 10.3 Å². The third kappa shape index (κ3) is 2.76. The van der Waals surface area contributed by atoms with Crippen LogP contribution in [-0.4, -0.2) is 49.6 Å². The zero-order valence-electron chi connectivity index (χ0n) is 9.98. The summed E-state index contributed by atoms with van der Waals surface area (Å²) >= 11 is 0. The van der Waals surface area contributed by atoms with Gasteiger partial charge in [-0.15, -0.1) is 0 Å². The Bertz CT molecular complexity index is 302. The van der Waals surface area contributed by atoms with Crippen molar-refractivity contribution in [3.8, 4) is 0 Å². The monoisotopic (exact) mass is 242 g/mol. The van der Waals surface area contributed by atoms with E-state index < -0.39 is 0 Å². The van der Waals surface area contributed by atoms with Crippen molar-refractivity contribution in [3.63, 3.8) is 0 Å². The standard InChI is InChI=1S/C11H18N2O4/c1-16-12-11(15)8-6-10(14)13(7-8)9-2-4-17-5-3-9/h8-9H,2-7H2,1H3,(H,12,15). The molecule has 2 rings (SSSR count). The highest BCUT2D eigenvalue weighted by Crippen LogP contribution is 2.24. The summed E-state index contributed by atoms with van der Waals surface area (Å²) in [5.41, 5.74) is 2.29. The van der Waals surface area contributed by atoms with Gasteiger partial charge in [0.05, 0.1) is 13.0 Å². The molecule has 0 aromatic carbocycles. The zero-order valence-corrected chi connectivity index (χ0v) is 9.98. The molecule has 0 aromatic rings. The summed E-state index contributed by atoms with van der Waals surface area (Å²) in [4.78, 5) is 29.8. The first-order chi connectivity index (χ1) is 8.22. The average molecular weight is 242 g/mol. The van der Waals surface area contributed by atoms with Crippen LogP contribution < -0.4 is 5.48 Å². The number of likely N-dealkylation sites (tertiary alicyclic amines) is 1. The van der Waals surface area contributed by atoms with Crippen molar-refractivity contribution in [1.82, 2.24) is 10.4 Å². The van der Waals surface area contributed by atoms with E-state index in [1.165, 1.54) is 7.11 Å². The van der Waals surface area contributed by atoms with Crippen molar-refractivity contribution in [2.75, 3.05) is 26.9 Å². The molecular weight excluding hydrogens is 224 g/mol. The summed E-state index contributed by atoms with van der Waals surface area (Å²) in [6, 6.07) is 0.233. The lowest BCUT2D eigenvalue weighted by Gasteiger charge is -2.31. The maximum absolute atomic E-state index is 11.9. The fraction of sp³-hybridized carbons (Fsp3) is 0.818. The number of hydrogen-bond acceptors (Lipinski definition) is 4. The van der Waals surface area contributed by atoms with E-state index in [1.54, 1.807) is 0 Å². The number of rotatable bonds is 3. The van der Waals surface area contributed by atoms with Crippen molar-refractivity contribution >= 4 is 11.8 Å². The van der Waals surface area contributed by atoms with Gasteiger partial charge < -0.3 is 9.64 Å². The average Bonchev–Trinajstić information content (AvgIpc) is 2.73. The smallest absolute Gasteiger partial charge is 0.248 e. The number of nitrogens with one attached hydrogen (secondary N) is 1. The van der Waals surface area contributed by atoms with Crippen molar-refractivity contribution in [2.45, 2.75) is 25.3 Å². The minimum absolute atomic E-state index is 0.0631. The molecule has 6 heteroatoms. The second kappa shape index (κ2) is 5.46. The molecule has 1 unspecified atom stereocenters. The summed E-state index contributed by atoms with van der Waals surface area (Å²) in [5.74, 6) is -0.436. The molecule has 1 atom stereocenters. The van der Waals surface area contributed by atoms with Gasteiger partial charge in [0, 0.05) is 32.2 Å². The fourth-order valence-corrected chi connectivity index (χ4v) is 2.44. The van der Waals surface area contributed by atoms with E-state index >= 15 is 0 Å². The molecule has 96 valence electrons. The highest BCUT2D eigenvalue weighted by Gasteiger charge is 2.38. The van der Waals surface area contributed by atoms with Gasteiger partial charge in [0.2, 0.25) is 11.8 Å². The molecule has 0 aromatic heterocycles. The molecular formula is C11H18N2O4. The van der Waals surface area contributed by atoms with Crippen LogP contribution >= 0.6 is 0 Å². The molecule has 0 radical (unpaired) electrons. The van der Waals surface area contributed by atoms with E-state index in [9.17, 15) is 9.59 Å². The molecule has 2 fully saturated rings. The minimum Gasteiger partial charge on any atom is -0.381 e. The Balaban J connectivity index is 1.92. The Morgan fingerprint density at radius 1 is 1.47 bits per heavy atom. The molecule has 1 N–H and O–H groups in total. The number of carbonyl (C=O) groups excluding carboxylic acids is 2. The van der Waals surface area contributed by atoms with Gasteiger partial charge in [0.25, 0.3) is 0 Å². The Morgan fingerprint density at radius 2 is 2.18 bits per heavy atom. The van der Waals surface area contributed by atoms with E-state index in [1.807, 2.05) is 4.90 Å². The molecule has 2 heterocycles. The number of hydrogen-bond donors (Lipinski definition) is 1. The lowest BCUT2D eigenvalue weighted by atomic mass is 10.1. The number of hydroxylamine groups is 1. The molecule has 2 aliphatic heterocycles. The Morgan fingerprint density at radius 3 is 2.82 bits per heavy atom. The van der Waals surface area contributed by atoms with Crippen molar-refractivity contribution in [2.24, 2.45) is 5.92 Å². The van der Waals surface area contributed by atoms with E-state index in [0.29, 0.717) is 19.8 Å². The third-order valence-electron chi connectivity index (χ3n) is 3.36. The highest BCUT2D eigenvalue weighted by molar-refractivity contribution is 5.88. The predicted molar refractivity (Wildman–Crippen MR) is 58.8 cm³/mol. The van der Waals surface area contributed by atoms with Crippen LogP contribution in [0.3, 0.4) is 0 Å². The molecule has 6 nitrogen and oxygen atoms in total. The van der Waals surface area contributed by atoms with Crippen LogP contribution in [0.25, 0.3) is 0 Å². The maximum Gasteiger partial charge on any atom is 0.248 e. The van der Waals surface area contributed by atoms with Crippen molar-refractivity contribution < 1.29 is 19.2 Å². The van der Waals surface area contributed by atoms with Crippen LogP contribution in [0.1, 0.15) is 19.3 Å². The Kier molecular flexibility index (Phi) is 3.96. The maximum atomic E-state index is 11.9. The molecule has 2 aliphatic rings. The molecule has 0 spiro atoms. The van der Waals surface area contributed by atoms with E-state index in [0.717, 1.165) is 12.8 Å². The first-order valence-corrected chi connectivity index (χ1v) is 5.92. The predicted octanol–water partition coefficient (Wildman–Crippen LogP) is -0.308. The summed E-state index contributed by atoms with van der Waals surface area (Å²) in [7, 11) is 1.39. The lowest BCUT2D eigenvalue weighted by Crippen LogP contribution is -2.41. The molecule has 0 bridgehead atoms. The number of ether oxygens (including phenoxy) is 1. The third-order valence-corrected chi connectivity index (χ3v) is 3.36. The first kappa shape index (κ1) is 12.3. The highest BCUT2D eigenvalue weighted by atomic mass is 16.6. The Hall–Kier alpha value is -1.14. The van der Waals surface area contributed by atoms with Crippen molar-refractivity contribution in [3.05, 3.63) is 0 Å². The normalized spacial score (nSPS) is 26.3. The first-order valence-electron chi connectivity index (χ1n) is 5.92. The van der Waals surface area contributed by atoms with Gasteiger partial charge in [-0.05, 0) is 12.8 Å². The fourth-order valence-electron chi connectivity index (χ4n) is 2.44. The molecule has 17 heavy (non-hydrogen) atoms. The molecule has 2 amide bonds. The van der Waals surface area contributed by atoms with Crippen LogP contribution in [0.4, 0.5) is 0 Å². The number of amides is 2. The van der Waals surface area contributed by atoms with Crippen LogP contribution in [0.2, 0.25) is 0 Å². The zero-order chi connectivity index (χ0) is 12.3. The van der Waals surface area contributed by atoms with Crippen LogP contribution in [0.5, 0.6) is 0 Å². The van der Waals surface area contributed by atoms with E-state index in [4.69, 9.17) is 4.74 Å². The van der Waals surface area contributed by atoms with Crippen LogP contribution in [0.15, 0.2) is 0 Å². The quantitative estimate of drug-likeness (QED) is 0.689.